The SMILES string of the molecule is O=C1CSC(c2ccc3c(c2)OCO3)c2c(ccc3[nH]ccc23)N1. The molecule has 0 bridgehead atoms. The van der Waals surface area contributed by atoms with Crippen LogP contribution in [-0.4, -0.2) is 23.4 Å². The van der Waals surface area contributed by atoms with Crippen LogP contribution in [0.15, 0.2) is 42.6 Å². The molecular weight excluding hydrogens is 324 g/mol. The molecule has 1 unspecified atom stereocenters. The van der Waals surface area contributed by atoms with Gasteiger partial charge in [-0.1, -0.05) is 6.07 Å². The van der Waals surface area contributed by atoms with E-state index in [4.69, 9.17) is 9.47 Å². The minimum Gasteiger partial charge on any atom is -0.454 e. The molecule has 0 fully saturated rings. The Morgan fingerprint density at radius 2 is 2.00 bits per heavy atom. The average Bonchev–Trinajstić information content (AvgIpc) is 3.21. The topological polar surface area (TPSA) is 63.4 Å². The van der Waals surface area contributed by atoms with Crippen molar-refractivity contribution in [3.05, 3.63) is 53.7 Å². The van der Waals surface area contributed by atoms with Crippen LogP contribution in [0.25, 0.3) is 10.9 Å². The van der Waals surface area contributed by atoms with Gasteiger partial charge in [0.2, 0.25) is 12.7 Å². The molecule has 6 heteroatoms. The molecule has 1 amide bonds. The Labute approximate surface area is 142 Å². The molecule has 3 aromatic rings. The predicted octanol–water partition coefficient (Wildman–Crippen LogP) is 3.67. The summed E-state index contributed by atoms with van der Waals surface area (Å²) in [5.74, 6) is 1.98. The second-order valence-corrected chi connectivity index (χ2v) is 6.91. The molecule has 2 aromatic carbocycles. The Balaban J connectivity index is 1.72. The minimum atomic E-state index is 0.0272. The van der Waals surface area contributed by atoms with Crippen LogP contribution in [0.3, 0.4) is 0 Å². The molecule has 1 atom stereocenters. The lowest BCUT2D eigenvalue weighted by Gasteiger charge is -2.18. The molecule has 0 radical (unpaired) electrons. The van der Waals surface area contributed by atoms with E-state index >= 15 is 0 Å². The fraction of sp³-hybridized carbons (Fsp3) is 0.167. The number of anilines is 1. The first-order chi connectivity index (χ1) is 11.8. The van der Waals surface area contributed by atoms with Crippen LogP contribution in [-0.2, 0) is 4.79 Å². The fourth-order valence-electron chi connectivity index (χ4n) is 3.32. The summed E-state index contributed by atoms with van der Waals surface area (Å²) >= 11 is 1.63. The lowest BCUT2D eigenvalue weighted by molar-refractivity contribution is -0.113. The normalized spacial score (nSPS) is 19.0. The van der Waals surface area contributed by atoms with Crippen molar-refractivity contribution in [1.29, 1.82) is 0 Å². The summed E-state index contributed by atoms with van der Waals surface area (Å²) in [6.45, 7) is 0.259. The third-order valence-electron chi connectivity index (χ3n) is 4.39. The molecule has 3 heterocycles. The Kier molecular flexibility index (Phi) is 2.99. The molecule has 2 aliphatic rings. The van der Waals surface area contributed by atoms with Gasteiger partial charge in [-0.25, -0.2) is 0 Å². The largest absolute Gasteiger partial charge is 0.454 e. The monoisotopic (exact) mass is 338 g/mol. The van der Waals surface area contributed by atoms with E-state index < -0.39 is 0 Å². The molecule has 24 heavy (non-hydrogen) atoms. The van der Waals surface area contributed by atoms with Gasteiger partial charge in [0.15, 0.2) is 11.5 Å². The van der Waals surface area contributed by atoms with Gasteiger partial charge in [0.05, 0.1) is 11.0 Å². The smallest absolute Gasteiger partial charge is 0.234 e. The molecule has 0 spiro atoms. The molecule has 5 rings (SSSR count). The molecule has 2 aliphatic heterocycles. The highest BCUT2D eigenvalue weighted by Gasteiger charge is 2.27. The van der Waals surface area contributed by atoms with Crippen molar-refractivity contribution in [3.8, 4) is 11.5 Å². The Bertz CT molecular complexity index is 966. The van der Waals surface area contributed by atoms with Crippen molar-refractivity contribution < 1.29 is 14.3 Å². The number of thioether (sulfide) groups is 1. The number of H-pyrrole nitrogens is 1. The van der Waals surface area contributed by atoms with E-state index in [0.717, 1.165) is 39.2 Å². The van der Waals surface area contributed by atoms with Crippen molar-refractivity contribution in [1.82, 2.24) is 4.98 Å². The lowest BCUT2D eigenvalue weighted by Crippen LogP contribution is -2.12. The third kappa shape index (κ3) is 2.06. The van der Waals surface area contributed by atoms with Gasteiger partial charge in [0, 0.05) is 28.4 Å². The van der Waals surface area contributed by atoms with Crippen LogP contribution in [0.2, 0.25) is 0 Å². The second-order valence-electron chi connectivity index (χ2n) is 5.82. The summed E-state index contributed by atoms with van der Waals surface area (Å²) in [4.78, 5) is 15.3. The summed E-state index contributed by atoms with van der Waals surface area (Å²) in [6, 6.07) is 12.0. The van der Waals surface area contributed by atoms with E-state index in [0.29, 0.717) is 5.75 Å². The maximum absolute atomic E-state index is 12.1. The van der Waals surface area contributed by atoms with Crippen molar-refractivity contribution in [3.63, 3.8) is 0 Å². The minimum absolute atomic E-state index is 0.0272. The maximum atomic E-state index is 12.1. The van der Waals surface area contributed by atoms with Gasteiger partial charge >= 0.3 is 0 Å². The molecule has 1 aromatic heterocycles. The summed E-state index contributed by atoms with van der Waals surface area (Å²) < 4.78 is 10.9. The van der Waals surface area contributed by atoms with Crippen LogP contribution in [0.1, 0.15) is 16.4 Å². The van der Waals surface area contributed by atoms with Gasteiger partial charge in [0.1, 0.15) is 0 Å². The van der Waals surface area contributed by atoms with Gasteiger partial charge in [-0.2, -0.15) is 0 Å². The summed E-state index contributed by atoms with van der Waals surface area (Å²) in [5, 5.41) is 4.21. The molecule has 5 nitrogen and oxygen atoms in total. The van der Waals surface area contributed by atoms with E-state index in [1.54, 1.807) is 11.8 Å². The first-order valence-electron chi connectivity index (χ1n) is 7.70. The Hall–Kier alpha value is -2.60. The number of hydrogen-bond acceptors (Lipinski definition) is 4. The molecule has 0 aliphatic carbocycles. The Morgan fingerprint density at radius 3 is 2.96 bits per heavy atom. The van der Waals surface area contributed by atoms with E-state index in [-0.39, 0.29) is 18.0 Å². The van der Waals surface area contributed by atoms with E-state index in [2.05, 4.69) is 22.4 Å². The molecule has 0 saturated heterocycles. The summed E-state index contributed by atoms with van der Waals surface area (Å²) in [5.41, 5.74) is 4.18. The lowest BCUT2D eigenvalue weighted by atomic mass is 9.98. The highest BCUT2D eigenvalue weighted by molar-refractivity contribution is 8.00. The Morgan fingerprint density at radius 1 is 1.08 bits per heavy atom. The van der Waals surface area contributed by atoms with Gasteiger partial charge < -0.3 is 19.8 Å². The zero-order chi connectivity index (χ0) is 16.1. The zero-order valence-electron chi connectivity index (χ0n) is 12.7. The molecule has 2 N–H and O–H groups in total. The van der Waals surface area contributed by atoms with Crippen molar-refractivity contribution in [2.75, 3.05) is 17.9 Å². The average molecular weight is 338 g/mol. The van der Waals surface area contributed by atoms with Gasteiger partial charge in [-0.05, 0) is 35.9 Å². The predicted molar refractivity (Wildman–Crippen MR) is 93.8 cm³/mol. The first kappa shape index (κ1) is 13.8. The number of rotatable bonds is 1. The third-order valence-corrected chi connectivity index (χ3v) is 5.66. The van der Waals surface area contributed by atoms with Crippen molar-refractivity contribution in [2.45, 2.75) is 5.25 Å². The summed E-state index contributed by atoms with van der Waals surface area (Å²) in [7, 11) is 0. The number of aromatic nitrogens is 1. The van der Waals surface area contributed by atoms with E-state index in [1.165, 1.54) is 0 Å². The van der Waals surface area contributed by atoms with Gasteiger partial charge in [-0.3, -0.25) is 4.79 Å². The first-order valence-corrected chi connectivity index (χ1v) is 8.75. The van der Waals surface area contributed by atoms with Crippen LogP contribution < -0.4 is 14.8 Å². The molecule has 0 saturated carbocycles. The van der Waals surface area contributed by atoms with Crippen LogP contribution in [0, 0.1) is 0 Å². The van der Waals surface area contributed by atoms with E-state index in [9.17, 15) is 4.79 Å². The maximum Gasteiger partial charge on any atom is 0.234 e. The number of ether oxygens (including phenoxy) is 2. The number of aromatic amines is 1. The standard InChI is InChI=1S/C18H14N2O3S/c21-16-8-24-18(10-1-4-14-15(7-10)23-9-22-14)17-11-5-6-19-12(11)2-3-13(17)20-16/h1-7,18-19H,8-9H2,(H,20,21). The number of amides is 1. The van der Waals surface area contributed by atoms with E-state index in [1.807, 2.05) is 30.5 Å². The molecule has 120 valence electrons. The van der Waals surface area contributed by atoms with Crippen molar-refractivity contribution >= 4 is 34.3 Å². The van der Waals surface area contributed by atoms with Crippen LogP contribution >= 0.6 is 11.8 Å². The quantitative estimate of drug-likeness (QED) is 0.711. The van der Waals surface area contributed by atoms with Gasteiger partial charge in [0.25, 0.3) is 0 Å². The van der Waals surface area contributed by atoms with Crippen LogP contribution in [0.5, 0.6) is 11.5 Å². The highest BCUT2D eigenvalue weighted by Crippen LogP contribution is 2.46. The number of fused-ring (bicyclic) bond motifs is 4. The molecular formula is C18H14N2O3S. The number of carbonyl (C=O) groups excluding carboxylic acids is 1. The zero-order valence-corrected chi connectivity index (χ0v) is 13.5. The van der Waals surface area contributed by atoms with Crippen LogP contribution in [0.4, 0.5) is 5.69 Å². The second kappa shape index (κ2) is 5.21. The van der Waals surface area contributed by atoms with Crippen molar-refractivity contribution in [2.24, 2.45) is 0 Å². The fourth-order valence-corrected chi connectivity index (χ4v) is 4.47. The number of nitrogens with one attached hydrogen (secondary N) is 2. The summed E-state index contributed by atoms with van der Waals surface area (Å²) in [6.07, 6.45) is 1.93. The number of benzene rings is 2. The van der Waals surface area contributed by atoms with Gasteiger partial charge in [-0.15, -0.1) is 11.8 Å². The highest BCUT2D eigenvalue weighted by atomic mass is 32.2. The number of hydrogen-bond donors (Lipinski definition) is 2. The number of carbonyl (C=O) groups is 1.